The van der Waals surface area contributed by atoms with Crippen LogP contribution in [0, 0.1) is 5.92 Å². The fourth-order valence-corrected chi connectivity index (χ4v) is 4.91. The summed E-state index contributed by atoms with van der Waals surface area (Å²) in [5.74, 6) is 0.541. The molecule has 0 bridgehead atoms. The summed E-state index contributed by atoms with van der Waals surface area (Å²) in [7, 11) is 0. The number of likely N-dealkylation sites (tertiary alicyclic amines) is 1. The van der Waals surface area contributed by atoms with Crippen LogP contribution in [0.5, 0.6) is 0 Å². The topological polar surface area (TPSA) is 72.2 Å². The summed E-state index contributed by atoms with van der Waals surface area (Å²) < 4.78 is 13.4. The van der Waals surface area contributed by atoms with Crippen molar-refractivity contribution in [3.8, 4) is 0 Å². The molecule has 150 valence electrons. The molecule has 5 heterocycles. The predicted octanol–water partition coefficient (Wildman–Crippen LogP) is 1.07. The first-order valence-corrected chi connectivity index (χ1v) is 10.2. The molecule has 2 atom stereocenters. The molecule has 8 heteroatoms. The molecule has 3 fully saturated rings. The second-order valence-electron chi connectivity index (χ2n) is 8.25. The summed E-state index contributed by atoms with van der Waals surface area (Å²) in [5, 5.41) is 4.26. The van der Waals surface area contributed by atoms with E-state index in [1.54, 1.807) is 16.9 Å². The zero-order valence-electron chi connectivity index (χ0n) is 16.1. The first-order chi connectivity index (χ1) is 13.7. The molecule has 2 aromatic rings. The number of fused-ring (bicyclic) bond motifs is 1. The minimum atomic E-state index is -0.193. The van der Waals surface area contributed by atoms with Gasteiger partial charge < -0.3 is 14.4 Å². The summed E-state index contributed by atoms with van der Waals surface area (Å²) in [4.78, 5) is 21.9. The van der Waals surface area contributed by atoms with E-state index in [0.717, 1.165) is 65.3 Å². The van der Waals surface area contributed by atoms with Crippen molar-refractivity contribution >= 4 is 11.6 Å². The molecule has 0 saturated carbocycles. The highest BCUT2D eigenvalue weighted by Crippen LogP contribution is 2.38. The molecular formula is C20H27N5O3. The average Bonchev–Trinajstić information content (AvgIpc) is 3.33. The second-order valence-corrected chi connectivity index (χ2v) is 8.25. The molecule has 1 amide bonds. The van der Waals surface area contributed by atoms with Crippen LogP contribution in [0.1, 0.15) is 29.6 Å². The number of hydrogen-bond donors (Lipinski definition) is 0. The molecule has 28 heavy (non-hydrogen) atoms. The Morgan fingerprint density at radius 3 is 3.07 bits per heavy atom. The van der Waals surface area contributed by atoms with E-state index >= 15 is 0 Å². The molecule has 3 aliphatic rings. The Bertz CT molecular complexity index is 849. The van der Waals surface area contributed by atoms with E-state index in [2.05, 4.69) is 15.0 Å². The molecule has 0 unspecified atom stereocenters. The molecule has 3 aliphatic heterocycles. The van der Waals surface area contributed by atoms with Crippen LogP contribution >= 0.6 is 0 Å². The zero-order valence-corrected chi connectivity index (χ0v) is 16.1. The van der Waals surface area contributed by atoms with Crippen molar-refractivity contribution in [2.45, 2.75) is 24.9 Å². The number of aromatic nitrogens is 3. The van der Waals surface area contributed by atoms with E-state index in [1.807, 2.05) is 17.2 Å². The van der Waals surface area contributed by atoms with Gasteiger partial charge in [-0.1, -0.05) is 0 Å². The van der Waals surface area contributed by atoms with Gasteiger partial charge >= 0.3 is 0 Å². The second kappa shape index (κ2) is 7.42. The fourth-order valence-electron chi connectivity index (χ4n) is 4.91. The summed E-state index contributed by atoms with van der Waals surface area (Å²) in [5.41, 5.74) is 0.992. The van der Waals surface area contributed by atoms with Crippen LogP contribution in [-0.2, 0) is 9.47 Å². The van der Waals surface area contributed by atoms with Crippen molar-refractivity contribution in [1.82, 2.24) is 24.4 Å². The van der Waals surface area contributed by atoms with Crippen LogP contribution in [-0.4, -0.2) is 88.5 Å². The van der Waals surface area contributed by atoms with Crippen molar-refractivity contribution < 1.29 is 14.3 Å². The third-order valence-corrected chi connectivity index (χ3v) is 6.24. The first kappa shape index (κ1) is 18.0. The van der Waals surface area contributed by atoms with E-state index in [0.29, 0.717) is 23.7 Å². The first-order valence-electron chi connectivity index (χ1n) is 10.2. The number of carbonyl (C=O) groups excluding carboxylic acids is 1. The van der Waals surface area contributed by atoms with E-state index in [1.165, 1.54) is 0 Å². The van der Waals surface area contributed by atoms with Gasteiger partial charge in [0.15, 0.2) is 5.65 Å². The Morgan fingerprint density at radius 1 is 1.29 bits per heavy atom. The van der Waals surface area contributed by atoms with Gasteiger partial charge in [-0.05, 0) is 31.2 Å². The Morgan fingerprint density at radius 2 is 2.18 bits per heavy atom. The van der Waals surface area contributed by atoms with E-state index < -0.39 is 0 Å². The number of carbonyl (C=O) groups is 1. The summed E-state index contributed by atoms with van der Waals surface area (Å²) in [6, 6.07) is 1.81. The molecule has 2 aromatic heterocycles. The fraction of sp³-hybridized carbons (Fsp3) is 0.650. The number of rotatable bonds is 3. The van der Waals surface area contributed by atoms with E-state index in [4.69, 9.17) is 9.47 Å². The molecule has 5 rings (SSSR count). The Kier molecular flexibility index (Phi) is 4.78. The van der Waals surface area contributed by atoms with Gasteiger partial charge in [-0.3, -0.25) is 9.69 Å². The highest BCUT2D eigenvalue weighted by Gasteiger charge is 2.45. The van der Waals surface area contributed by atoms with Crippen molar-refractivity contribution in [1.29, 1.82) is 0 Å². The lowest BCUT2D eigenvalue weighted by atomic mass is 9.86. The minimum Gasteiger partial charge on any atom is -0.379 e. The van der Waals surface area contributed by atoms with Crippen LogP contribution in [0.3, 0.4) is 0 Å². The number of nitrogens with zero attached hydrogens (tertiary/aromatic N) is 5. The van der Waals surface area contributed by atoms with Crippen LogP contribution in [0.25, 0.3) is 5.65 Å². The third-order valence-electron chi connectivity index (χ3n) is 6.24. The lowest BCUT2D eigenvalue weighted by Crippen LogP contribution is -2.50. The molecule has 1 spiro atoms. The summed E-state index contributed by atoms with van der Waals surface area (Å²) in [6.07, 6.45) is 8.17. The monoisotopic (exact) mass is 385 g/mol. The van der Waals surface area contributed by atoms with Crippen molar-refractivity contribution in [2.24, 2.45) is 5.92 Å². The maximum Gasteiger partial charge on any atom is 0.259 e. The van der Waals surface area contributed by atoms with Gasteiger partial charge in [0.1, 0.15) is 5.56 Å². The molecule has 8 nitrogen and oxygen atoms in total. The SMILES string of the molecule is O=C(c1cnn2cccnc12)N1CCC[C@@]2(C[C@@H](CN3CCOCC3)CO2)C1. The standard InChI is InChI=1S/C20H27N5O3/c26-19(17-12-22-25-6-2-4-21-18(17)25)24-5-1-3-20(15-24)11-16(14-28-20)13-23-7-9-27-10-8-23/h2,4,6,12,16H,1,3,5,7-11,13-15H2/t16-,20+/m0/s1. The maximum atomic E-state index is 13.2. The lowest BCUT2D eigenvalue weighted by molar-refractivity contribution is -0.0451. The summed E-state index contributed by atoms with van der Waals surface area (Å²) in [6.45, 7) is 6.96. The van der Waals surface area contributed by atoms with Gasteiger partial charge in [-0.15, -0.1) is 0 Å². The van der Waals surface area contributed by atoms with Crippen molar-refractivity contribution in [3.63, 3.8) is 0 Å². The van der Waals surface area contributed by atoms with Gasteiger partial charge in [-0.25, -0.2) is 9.50 Å². The molecule has 3 saturated heterocycles. The number of piperidine rings is 1. The minimum absolute atomic E-state index is 0.00741. The summed E-state index contributed by atoms with van der Waals surface area (Å²) >= 11 is 0. The highest BCUT2D eigenvalue weighted by molar-refractivity contribution is 5.99. The maximum absolute atomic E-state index is 13.2. The van der Waals surface area contributed by atoms with Crippen LogP contribution in [0.4, 0.5) is 0 Å². The third kappa shape index (κ3) is 3.40. The zero-order chi connectivity index (χ0) is 19.0. The van der Waals surface area contributed by atoms with E-state index in [-0.39, 0.29) is 11.5 Å². The van der Waals surface area contributed by atoms with Crippen LogP contribution < -0.4 is 0 Å². The predicted molar refractivity (Wildman–Crippen MR) is 102 cm³/mol. The van der Waals surface area contributed by atoms with E-state index in [9.17, 15) is 4.79 Å². The molecule has 0 aliphatic carbocycles. The number of amides is 1. The number of hydrogen-bond acceptors (Lipinski definition) is 6. The number of ether oxygens (including phenoxy) is 2. The Hall–Kier alpha value is -2.03. The molecule has 0 N–H and O–H groups in total. The Balaban J connectivity index is 1.26. The van der Waals surface area contributed by atoms with Gasteiger partial charge in [0.2, 0.25) is 0 Å². The van der Waals surface area contributed by atoms with Gasteiger partial charge in [0, 0.05) is 45.1 Å². The normalized spacial score (nSPS) is 29.0. The molecule has 0 radical (unpaired) electrons. The molecule has 0 aromatic carbocycles. The number of morpholine rings is 1. The van der Waals surface area contributed by atoms with Gasteiger partial charge in [0.25, 0.3) is 5.91 Å². The van der Waals surface area contributed by atoms with Gasteiger partial charge in [-0.2, -0.15) is 5.10 Å². The van der Waals surface area contributed by atoms with Crippen LogP contribution in [0.15, 0.2) is 24.7 Å². The van der Waals surface area contributed by atoms with Gasteiger partial charge in [0.05, 0.1) is 31.6 Å². The smallest absolute Gasteiger partial charge is 0.259 e. The van der Waals surface area contributed by atoms with Crippen LogP contribution in [0.2, 0.25) is 0 Å². The largest absolute Gasteiger partial charge is 0.379 e. The Labute approximate surface area is 164 Å². The average molecular weight is 385 g/mol. The van der Waals surface area contributed by atoms with Crippen molar-refractivity contribution in [3.05, 3.63) is 30.2 Å². The molecular weight excluding hydrogens is 358 g/mol. The van der Waals surface area contributed by atoms with Crippen molar-refractivity contribution in [2.75, 3.05) is 52.5 Å². The highest BCUT2D eigenvalue weighted by atomic mass is 16.5. The quantitative estimate of drug-likeness (QED) is 0.787. The lowest BCUT2D eigenvalue weighted by Gasteiger charge is -2.39.